The summed E-state index contributed by atoms with van der Waals surface area (Å²) in [4.78, 5) is 32.9. The van der Waals surface area contributed by atoms with E-state index in [0.29, 0.717) is 33.6 Å². The average molecular weight is 572 g/mol. The molecule has 0 aliphatic heterocycles. The van der Waals surface area contributed by atoms with Crippen LogP contribution < -0.4 is 15.0 Å². The van der Waals surface area contributed by atoms with Crippen LogP contribution in [-0.4, -0.2) is 23.9 Å². The molecular weight excluding hydrogens is 545 g/mol. The van der Waals surface area contributed by atoms with E-state index >= 15 is 0 Å². The number of anilines is 1. The summed E-state index contributed by atoms with van der Waals surface area (Å²) in [5.41, 5.74) is 3.77. The fourth-order valence-corrected chi connectivity index (χ4v) is 4.99. The topological polar surface area (TPSA) is 74.4 Å². The van der Waals surface area contributed by atoms with E-state index in [0.717, 1.165) is 22.0 Å². The van der Waals surface area contributed by atoms with E-state index in [9.17, 15) is 9.59 Å². The van der Waals surface area contributed by atoms with Gasteiger partial charge in [-0.05, 0) is 59.2 Å². The van der Waals surface area contributed by atoms with Crippen LogP contribution in [0.15, 0.2) is 103 Å². The summed E-state index contributed by atoms with van der Waals surface area (Å²) in [6.45, 7) is 0.296. The second-order valence-electron chi connectivity index (χ2n) is 9.28. The Balaban J connectivity index is 1.57. The molecule has 1 aromatic heterocycles. The molecule has 5 aromatic rings. The number of ether oxygens (including phenoxy) is 1. The summed E-state index contributed by atoms with van der Waals surface area (Å²) in [5.74, 6) is 0.0126. The molecule has 2 N–H and O–H groups in total. The van der Waals surface area contributed by atoms with Crippen molar-refractivity contribution in [1.82, 2.24) is 10.3 Å². The summed E-state index contributed by atoms with van der Waals surface area (Å²) in [7, 11) is 1.57. The largest absolute Gasteiger partial charge is 0.497 e. The lowest BCUT2D eigenvalue weighted by Gasteiger charge is -2.32. The molecule has 0 spiro atoms. The number of nitrogens with one attached hydrogen (secondary N) is 2. The van der Waals surface area contributed by atoms with Crippen LogP contribution in [-0.2, 0) is 22.6 Å². The molecule has 0 fully saturated rings. The Morgan fingerprint density at radius 1 is 0.900 bits per heavy atom. The van der Waals surface area contributed by atoms with E-state index < -0.39 is 6.04 Å². The van der Waals surface area contributed by atoms with Crippen molar-refractivity contribution < 1.29 is 14.3 Å². The first-order valence-corrected chi connectivity index (χ1v) is 13.5. The molecule has 0 bridgehead atoms. The van der Waals surface area contributed by atoms with Crippen molar-refractivity contribution in [3.8, 4) is 5.75 Å². The number of benzene rings is 4. The molecule has 0 radical (unpaired) electrons. The van der Waals surface area contributed by atoms with Crippen molar-refractivity contribution in [3.63, 3.8) is 0 Å². The van der Waals surface area contributed by atoms with Gasteiger partial charge < -0.3 is 15.0 Å². The lowest BCUT2D eigenvalue weighted by molar-refractivity contribution is -0.126. The number of carbonyl (C=O) groups is 2. The lowest BCUT2D eigenvalue weighted by Crippen LogP contribution is -2.44. The fourth-order valence-electron chi connectivity index (χ4n) is 4.69. The van der Waals surface area contributed by atoms with Gasteiger partial charge >= 0.3 is 0 Å². The fraction of sp³-hybridized carbons (Fsp3) is 0.125. The maximum Gasteiger partial charge on any atom is 0.248 e. The second kappa shape index (κ2) is 12.3. The van der Waals surface area contributed by atoms with Crippen LogP contribution >= 0.6 is 23.2 Å². The highest BCUT2D eigenvalue weighted by atomic mass is 35.5. The Bertz CT molecular complexity index is 1630. The number of fused-ring (bicyclic) bond motifs is 1. The van der Waals surface area contributed by atoms with E-state index in [4.69, 9.17) is 27.9 Å². The van der Waals surface area contributed by atoms with Crippen LogP contribution in [0.4, 0.5) is 5.69 Å². The van der Waals surface area contributed by atoms with E-state index in [-0.39, 0.29) is 18.2 Å². The van der Waals surface area contributed by atoms with Crippen molar-refractivity contribution in [2.45, 2.75) is 19.0 Å². The van der Waals surface area contributed by atoms with Crippen LogP contribution in [0, 0.1) is 0 Å². The third kappa shape index (κ3) is 5.98. The Kier molecular flexibility index (Phi) is 8.39. The monoisotopic (exact) mass is 571 g/mol. The van der Waals surface area contributed by atoms with Crippen LogP contribution in [0.25, 0.3) is 10.9 Å². The number of nitrogens with zero attached hydrogens (tertiary/aromatic N) is 1. The Morgan fingerprint density at radius 2 is 1.62 bits per heavy atom. The number of carbonyl (C=O) groups excluding carboxylic acids is 2. The number of aromatic nitrogens is 1. The number of aromatic amines is 1. The van der Waals surface area contributed by atoms with E-state index in [2.05, 4.69) is 10.3 Å². The predicted molar refractivity (Wildman–Crippen MR) is 160 cm³/mol. The number of hydrogen-bond acceptors (Lipinski definition) is 3. The average Bonchev–Trinajstić information content (AvgIpc) is 3.39. The van der Waals surface area contributed by atoms with Gasteiger partial charge in [0, 0.05) is 29.3 Å². The summed E-state index contributed by atoms with van der Waals surface area (Å²) in [5, 5.41) is 4.60. The normalized spacial score (nSPS) is 11.7. The molecule has 0 saturated carbocycles. The van der Waals surface area contributed by atoms with E-state index in [1.807, 2.05) is 60.8 Å². The first-order valence-electron chi connectivity index (χ1n) is 12.7. The molecule has 0 saturated heterocycles. The van der Waals surface area contributed by atoms with Crippen molar-refractivity contribution in [3.05, 3.63) is 130 Å². The number of H-pyrrole nitrogens is 1. The van der Waals surface area contributed by atoms with Gasteiger partial charge in [0.25, 0.3) is 0 Å². The third-order valence-electron chi connectivity index (χ3n) is 6.71. The highest BCUT2D eigenvalue weighted by Crippen LogP contribution is 2.34. The summed E-state index contributed by atoms with van der Waals surface area (Å²) < 4.78 is 5.33. The van der Waals surface area contributed by atoms with Gasteiger partial charge in [0.15, 0.2) is 0 Å². The highest BCUT2D eigenvalue weighted by molar-refractivity contribution is 6.42. The van der Waals surface area contributed by atoms with Crippen LogP contribution in [0.2, 0.25) is 10.0 Å². The minimum atomic E-state index is -1.02. The van der Waals surface area contributed by atoms with Crippen molar-refractivity contribution in [2.75, 3.05) is 12.0 Å². The van der Waals surface area contributed by atoms with Gasteiger partial charge in [-0.2, -0.15) is 0 Å². The zero-order chi connectivity index (χ0) is 28.1. The standard InChI is InChI=1S/C32H27Cl2N3O3/c1-40-25-14-12-24(13-15-25)37(30(38)18-23-20-35-29-10-6-5-9-26(23)29)31(22-11-16-27(33)28(34)17-22)32(39)36-19-21-7-3-2-4-8-21/h2-17,20,31,35H,18-19H2,1H3,(H,36,39). The van der Waals surface area contributed by atoms with Crippen molar-refractivity contribution in [2.24, 2.45) is 0 Å². The lowest BCUT2D eigenvalue weighted by atomic mass is 10.0. The molecule has 40 heavy (non-hydrogen) atoms. The predicted octanol–water partition coefficient (Wildman–Crippen LogP) is 7.12. The van der Waals surface area contributed by atoms with Gasteiger partial charge in [0.1, 0.15) is 11.8 Å². The first kappa shape index (κ1) is 27.3. The molecule has 1 unspecified atom stereocenters. The minimum Gasteiger partial charge on any atom is -0.497 e. The highest BCUT2D eigenvalue weighted by Gasteiger charge is 2.33. The van der Waals surface area contributed by atoms with Gasteiger partial charge in [-0.15, -0.1) is 0 Å². The van der Waals surface area contributed by atoms with Crippen molar-refractivity contribution in [1.29, 1.82) is 0 Å². The van der Waals surface area contributed by atoms with Crippen molar-refractivity contribution >= 4 is 51.6 Å². The van der Waals surface area contributed by atoms with Gasteiger partial charge in [0.2, 0.25) is 11.8 Å². The van der Waals surface area contributed by atoms with E-state index in [1.165, 1.54) is 4.90 Å². The number of hydrogen-bond donors (Lipinski definition) is 2. The Morgan fingerprint density at radius 3 is 2.35 bits per heavy atom. The maximum absolute atomic E-state index is 14.2. The number of halogens is 2. The van der Waals surface area contributed by atoms with Gasteiger partial charge in [-0.25, -0.2) is 0 Å². The number of methoxy groups -OCH3 is 1. The van der Waals surface area contributed by atoms with Gasteiger partial charge in [-0.3, -0.25) is 14.5 Å². The molecule has 1 heterocycles. The molecule has 6 nitrogen and oxygen atoms in total. The van der Waals surface area contributed by atoms with Gasteiger partial charge in [0.05, 0.1) is 23.6 Å². The molecule has 0 aliphatic rings. The second-order valence-corrected chi connectivity index (χ2v) is 10.1. The molecule has 5 rings (SSSR count). The first-order chi connectivity index (χ1) is 19.4. The Labute approximate surface area is 242 Å². The van der Waals surface area contributed by atoms with E-state index in [1.54, 1.807) is 49.6 Å². The maximum atomic E-state index is 14.2. The third-order valence-corrected chi connectivity index (χ3v) is 7.45. The molecule has 0 aliphatic carbocycles. The molecule has 202 valence electrons. The van der Waals surface area contributed by atoms with Gasteiger partial charge in [-0.1, -0.05) is 77.8 Å². The number of para-hydroxylation sites is 1. The summed E-state index contributed by atoms with van der Waals surface area (Å²) >= 11 is 12.6. The van der Waals surface area contributed by atoms with Crippen LogP contribution in [0.1, 0.15) is 22.7 Å². The SMILES string of the molecule is COc1ccc(N(C(=O)Cc2c[nH]c3ccccc23)C(C(=O)NCc2ccccc2)c2ccc(Cl)c(Cl)c2)cc1. The molecule has 4 aromatic carbocycles. The number of rotatable bonds is 9. The summed E-state index contributed by atoms with van der Waals surface area (Å²) in [6, 6.07) is 28.4. The number of amides is 2. The quantitative estimate of drug-likeness (QED) is 0.198. The zero-order valence-corrected chi connectivity index (χ0v) is 23.2. The zero-order valence-electron chi connectivity index (χ0n) is 21.7. The van der Waals surface area contributed by atoms with Crippen LogP contribution in [0.5, 0.6) is 5.75 Å². The molecule has 1 atom stereocenters. The minimum absolute atomic E-state index is 0.0693. The molecule has 8 heteroatoms. The molecule has 2 amide bonds. The van der Waals surface area contributed by atoms with Crippen LogP contribution in [0.3, 0.4) is 0 Å². The summed E-state index contributed by atoms with van der Waals surface area (Å²) in [6.07, 6.45) is 1.90. The Hall–Kier alpha value is -4.26. The molecular formula is C32H27Cl2N3O3. The smallest absolute Gasteiger partial charge is 0.248 e.